The molecule has 0 saturated heterocycles. The Balaban J connectivity index is 2.24. The molecule has 0 aromatic heterocycles. The molecule has 1 heteroatoms. The monoisotopic (exact) mass is 167 g/mol. The molecule has 0 spiro atoms. The standard InChI is InChI=1S/C11H21N/c1-9(2)8-12-11-7-5-4-6-10(11)3/h10-12H,1,4-8H2,2-3H3/t10-,11+/m1/s1. The number of hydrogen-bond acceptors (Lipinski definition) is 1. The van der Waals surface area contributed by atoms with Crippen molar-refractivity contribution in [3.63, 3.8) is 0 Å². The third-order valence-electron chi connectivity index (χ3n) is 2.78. The first-order chi connectivity index (χ1) is 5.70. The van der Waals surface area contributed by atoms with Gasteiger partial charge in [0.1, 0.15) is 0 Å². The van der Waals surface area contributed by atoms with Crippen molar-refractivity contribution in [2.75, 3.05) is 6.54 Å². The molecule has 1 N–H and O–H groups in total. The molecular weight excluding hydrogens is 146 g/mol. The highest BCUT2D eigenvalue weighted by atomic mass is 14.9. The van der Waals surface area contributed by atoms with Crippen molar-refractivity contribution < 1.29 is 0 Å². The Morgan fingerprint density at radius 2 is 2.08 bits per heavy atom. The van der Waals surface area contributed by atoms with E-state index in [1.807, 2.05) is 0 Å². The van der Waals surface area contributed by atoms with Crippen LogP contribution < -0.4 is 5.32 Å². The van der Waals surface area contributed by atoms with Gasteiger partial charge < -0.3 is 5.32 Å². The van der Waals surface area contributed by atoms with Gasteiger partial charge in [-0.1, -0.05) is 31.9 Å². The van der Waals surface area contributed by atoms with Crippen LogP contribution in [0.4, 0.5) is 0 Å². The van der Waals surface area contributed by atoms with Crippen LogP contribution in [0.25, 0.3) is 0 Å². The number of rotatable bonds is 3. The molecule has 2 atom stereocenters. The topological polar surface area (TPSA) is 12.0 Å². The first-order valence-electron chi connectivity index (χ1n) is 5.08. The minimum atomic E-state index is 0.746. The van der Waals surface area contributed by atoms with Gasteiger partial charge in [0.2, 0.25) is 0 Å². The van der Waals surface area contributed by atoms with Crippen LogP contribution in [0.5, 0.6) is 0 Å². The van der Waals surface area contributed by atoms with Crippen LogP contribution in [0.2, 0.25) is 0 Å². The van der Waals surface area contributed by atoms with Gasteiger partial charge in [-0.3, -0.25) is 0 Å². The summed E-state index contributed by atoms with van der Waals surface area (Å²) in [4.78, 5) is 0. The molecule has 0 amide bonds. The van der Waals surface area contributed by atoms with Gasteiger partial charge in [0, 0.05) is 12.6 Å². The molecule has 70 valence electrons. The van der Waals surface area contributed by atoms with Crippen molar-refractivity contribution in [2.24, 2.45) is 5.92 Å². The van der Waals surface area contributed by atoms with E-state index in [0.29, 0.717) is 0 Å². The van der Waals surface area contributed by atoms with Crippen LogP contribution in [0.3, 0.4) is 0 Å². The van der Waals surface area contributed by atoms with Crippen LogP contribution in [0.15, 0.2) is 12.2 Å². The van der Waals surface area contributed by atoms with E-state index < -0.39 is 0 Å². The summed E-state index contributed by atoms with van der Waals surface area (Å²) < 4.78 is 0. The summed E-state index contributed by atoms with van der Waals surface area (Å²) in [5, 5.41) is 3.57. The zero-order valence-electron chi connectivity index (χ0n) is 8.40. The first-order valence-corrected chi connectivity index (χ1v) is 5.08. The third-order valence-corrected chi connectivity index (χ3v) is 2.78. The van der Waals surface area contributed by atoms with Crippen molar-refractivity contribution in [3.05, 3.63) is 12.2 Å². The summed E-state index contributed by atoms with van der Waals surface area (Å²) in [5.41, 5.74) is 1.24. The molecule has 0 aromatic rings. The van der Waals surface area contributed by atoms with Crippen LogP contribution in [0, 0.1) is 5.92 Å². The second-order valence-electron chi connectivity index (χ2n) is 4.21. The van der Waals surface area contributed by atoms with Crippen molar-refractivity contribution in [1.82, 2.24) is 5.32 Å². The molecule has 0 heterocycles. The minimum Gasteiger partial charge on any atom is -0.310 e. The van der Waals surface area contributed by atoms with E-state index in [-0.39, 0.29) is 0 Å². The highest BCUT2D eigenvalue weighted by Gasteiger charge is 2.19. The van der Waals surface area contributed by atoms with Gasteiger partial charge in [-0.2, -0.15) is 0 Å². The van der Waals surface area contributed by atoms with Crippen molar-refractivity contribution in [3.8, 4) is 0 Å². The van der Waals surface area contributed by atoms with E-state index in [2.05, 4.69) is 25.7 Å². The predicted molar refractivity (Wildman–Crippen MR) is 54.2 cm³/mol. The second-order valence-corrected chi connectivity index (χ2v) is 4.21. The molecule has 0 unspecified atom stereocenters. The predicted octanol–water partition coefficient (Wildman–Crippen LogP) is 2.73. The van der Waals surface area contributed by atoms with E-state index in [1.54, 1.807) is 0 Å². The largest absolute Gasteiger partial charge is 0.310 e. The highest BCUT2D eigenvalue weighted by molar-refractivity contribution is 4.92. The van der Waals surface area contributed by atoms with Gasteiger partial charge in [-0.15, -0.1) is 0 Å². The Hall–Kier alpha value is -0.300. The normalized spacial score (nSPS) is 30.2. The van der Waals surface area contributed by atoms with E-state index in [1.165, 1.54) is 31.3 Å². The maximum absolute atomic E-state index is 3.90. The number of nitrogens with one attached hydrogen (secondary N) is 1. The first kappa shape index (κ1) is 9.79. The van der Waals surface area contributed by atoms with Crippen molar-refractivity contribution in [2.45, 2.75) is 45.6 Å². The quantitative estimate of drug-likeness (QED) is 0.637. The molecular formula is C11H21N. The van der Waals surface area contributed by atoms with Gasteiger partial charge in [0.05, 0.1) is 0 Å². The fourth-order valence-electron chi connectivity index (χ4n) is 1.92. The molecule has 1 nitrogen and oxygen atoms in total. The molecule has 1 rings (SSSR count). The summed E-state index contributed by atoms with van der Waals surface area (Å²) in [6, 6.07) is 0.746. The number of hydrogen-bond donors (Lipinski definition) is 1. The Kier molecular flexibility index (Phi) is 3.80. The fraction of sp³-hybridized carbons (Fsp3) is 0.818. The molecule has 0 aromatic carbocycles. The van der Waals surface area contributed by atoms with Gasteiger partial charge in [0.25, 0.3) is 0 Å². The summed E-state index contributed by atoms with van der Waals surface area (Å²) >= 11 is 0. The Morgan fingerprint density at radius 1 is 1.42 bits per heavy atom. The van der Waals surface area contributed by atoms with E-state index in [4.69, 9.17) is 0 Å². The molecule has 0 aliphatic heterocycles. The molecule has 0 bridgehead atoms. The average Bonchev–Trinajstić information content (AvgIpc) is 2.03. The van der Waals surface area contributed by atoms with Crippen LogP contribution in [-0.4, -0.2) is 12.6 Å². The van der Waals surface area contributed by atoms with E-state index >= 15 is 0 Å². The lowest BCUT2D eigenvalue weighted by molar-refractivity contribution is 0.287. The van der Waals surface area contributed by atoms with Crippen LogP contribution in [-0.2, 0) is 0 Å². The molecule has 12 heavy (non-hydrogen) atoms. The highest BCUT2D eigenvalue weighted by Crippen LogP contribution is 2.23. The smallest absolute Gasteiger partial charge is 0.0161 e. The van der Waals surface area contributed by atoms with Gasteiger partial charge in [0.15, 0.2) is 0 Å². The molecule has 1 aliphatic rings. The second kappa shape index (κ2) is 4.66. The lowest BCUT2D eigenvalue weighted by atomic mass is 9.86. The third kappa shape index (κ3) is 2.98. The van der Waals surface area contributed by atoms with Gasteiger partial charge in [-0.25, -0.2) is 0 Å². The van der Waals surface area contributed by atoms with Gasteiger partial charge >= 0.3 is 0 Å². The Bertz CT molecular complexity index is 151. The Morgan fingerprint density at radius 3 is 2.67 bits per heavy atom. The summed E-state index contributed by atoms with van der Waals surface area (Å²) in [6.45, 7) is 9.34. The Labute approximate surface area is 76.2 Å². The average molecular weight is 167 g/mol. The lowest BCUT2D eigenvalue weighted by Gasteiger charge is -2.29. The summed E-state index contributed by atoms with van der Waals surface area (Å²) in [5.74, 6) is 0.859. The van der Waals surface area contributed by atoms with Crippen molar-refractivity contribution >= 4 is 0 Å². The molecule has 1 aliphatic carbocycles. The van der Waals surface area contributed by atoms with E-state index in [9.17, 15) is 0 Å². The molecule has 0 radical (unpaired) electrons. The zero-order valence-corrected chi connectivity index (χ0v) is 8.40. The van der Waals surface area contributed by atoms with Gasteiger partial charge in [-0.05, 0) is 25.7 Å². The molecule has 1 saturated carbocycles. The van der Waals surface area contributed by atoms with Crippen LogP contribution in [0.1, 0.15) is 39.5 Å². The maximum Gasteiger partial charge on any atom is 0.0161 e. The fourth-order valence-corrected chi connectivity index (χ4v) is 1.92. The van der Waals surface area contributed by atoms with Crippen molar-refractivity contribution in [1.29, 1.82) is 0 Å². The van der Waals surface area contributed by atoms with Crippen LogP contribution >= 0.6 is 0 Å². The van der Waals surface area contributed by atoms with E-state index in [0.717, 1.165) is 18.5 Å². The summed E-state index contributed by atoms with van der Waals surface area (Å²) in [6.07, 6.45) is 5.58. The zero-order chi connectivity index (χ0) is 8.97. The SMILES string of the molecule is C=C(C)CN[C@H]1CCCC[C@H]1C. The summed E-state index contributed by atoms with van der Waals surface area (Å²) in [7, 11) is 0. The minimum absolute atomic E-state index is 0.746. The maximum atomic E-state index is 3.90. The molecule has 1 fully saturated rings. The lowest BCUT2D eigenvalue weighted by Crippen LogP contribution is -2.37.